The summed E-state index contributed by atoms with van der Waals surface area (Å²) in [5.41, 5.74) is 0. The number of hydrogen-bond acceptors (Lipinski definition) is 4. The minimum atomic E-state index is -0.337. The Morgan fingerprint density at radius 3 is 2.88 bits per heavy atom. The summed E-state index contributed by atoms with van der Waals surface area (Å²) >= 11 is 4.88. The number of nitrogens with one attached hydrogen (secondary N) is 1. The first-order valence-electron chi connectivity index (χ1n) is 4.90. The summed E-state index contributed by atoms with van der Waals surface area (Å²) in [7, 11) is 1.32. The molecule has 0 bridgehead atoms. The lowest BCUT2D eigenvalue weighted by atomic mass is 10.4. The number of esters is 1. The number of thiophene rings is 1. The second-order valence-corrected chi connectivity index (χ2v) is 5.59. The number of ether oxygens (including phenoxy) is 1. The molecule has 0 saturated heterocycles. The van der Waals surface area contributed by atoms with Crippen LogP contribution in [0.3, 0.4) is 0 Å². The van der Waals surface area contributed by atoms with E-state index in [4.69, 9.17) is 0 Å². The highest BCUT2D eigenvalue weighted by atomic mass is 79.9. The van der Waals surface area contributed by atoms with Gasteiger partial charge < -0.3 is 10.1 Å². The first kappa shape index (κ1) is 13.9. The number of methoxy groups -OCH3 is 1. The molecule has 6 heteroatoms. The van der Waals surface area contributed by atoms with E-state index in [2.05, 4.69) is 26.0 Å². The maximum atomic E-state index is 11.3. The molecule has 0 atom stereocenters. The van der Waals surface area contributed by atoms with Gasteiger partial charge in [0.1, 0.15) is 0 Å². The number of carbonyl (C=O) groups is 2. The Morgan fingerprint density at radius 2 is 2.29 bits per heavy atom. The molecular weight excluding hydrogens is 306 g/mol. The lowest BCUT2D eigenvalue weighted by molar-refractivity contribution is -0.140. The third-order valence-electron chi connectivity index (χ3n) is 1.85. The van der Waals surface area contributed by atoms with E-state index >= 15 is 0 Å². The van der Waals surface area contributed by atoms with E-state index in [1.165, 1.54) is 24.5 Å². The molecule has 0 spiro atoms. The zero-order valence-electron chi connectivity index (χ0n) is 9.23. The van der Waals surface area contributed by atoms with Gasteiger partial charge in [-0.2, -0.15) is 0 Å². The summed E-state index contributed by atoms with van der Waals surface area (Å²) < 4.78 is 5.47. The van der Waals surface area contributed by atoms with E-state index in [0.717, 1.165) is 8.66 Å². The van der Waals surface area contributed by atoms with Gasteiger partial charge in [-0.25, -0.2) is 0 Å². The van der Waals surface area contributed by atoms with Gasteiger partial charge >= 0.3 is 5.97 Å². The van der Waals surface area contributed by atoms with Gasteiger partial charge in [0.2, 0.25) is 5.91 Å². The molecule has 0 fully saturated rings. The Bertz CT molecular complexity index is 428. The molecule has 0 aromatic carbocycles. The summed E-state index contributed by atoms with van der Waals surface area (Å²) in [6.07, 6.45) is 3.35. The lowest BCUT2D eigenvalue weighted by Gasteiger charge is -2.00. The van der Waals surface area contributed by atoms with Gasteiger partial charge in [-0.15, -0.1) is 11.3 Å². The zero-order chi connectivity index (χ0) is 12.7. The van der Waals surface area contributed by atoms with E-state index in [1.807, 2.05) is 12.1 Å². The van der Waals surface area contributed by atoms with Crippen molar-refractivity contribution in [1.82, 2.24) is 5.32 Å². The van der Waals surface area contributed by atoms with Crippen LogP contribution in [0.2, 0.25) is 0 Å². The van der Waals surface area contributed by atoms with Crippen LogP contribution in [-0.4, -0.2) is 25.5 Å². The predicted octanol–water partition coefficient (Wildman–Crippen LogP) is 2.20. The number of rotatable bonds is 5. The molecule has 92 valence electrons. The average molecular weight is 318 g/mol. The largest absolute Gasteiger partial charge is 0.469 e. The van der Waals surface area contributed by atoms with Gasteiger partial charge in [0.05, 0.1) is 17.3 Å². The highest BCUT2D eigenvalue weighted by Gasteiger charge is 2.01. The number of hydrogen-bond donors (Lipinski definition) is 1. The summed E-state index contributed by atoms with van der Waals surface area (Å²) in [4.78, 5) is 23.1. The fraction of sp³-hybridized carbons (Fsp3) is 0.273. The molecular formula is C11H12BrNO3S. The molecule has 0 aliphatic rings. The Kier molecular flexibility index (Phi) is 5.93. The van der Waals surface area contributed by atoms with Crippen molar-refractivity contribution in [2.75, 3.05) is 13.7 Å². The van der Waals surface area contributed by atoms with Gasteiger partial charge in [-0.3, -0.25) is 9.59 Å². The van der Waals surface area contributed by atoms with E-state index in [9.17, 15) is 9.59 Å². The van der Waals surface area contributed by atoms with Crippen molar-refractivity contribution in [3.8, 4) is 0 Å². The third kappa shape index (κ3) is 5.65. The second kappa shape index (κ2) is 7.24. The van der Waals surface area contributed by atoms with Crippen molar-refractivity contribution in [1.29, 1.82) is 0 Å². The van der Waals surface area contributed by atoms with Gasteiger partial charge in [-0.05, 0) is 34.1 Å². The number of halogens is 1. The molecule has 0 saturated carbocycles. The topological polar surface area (TPSA) is 55.4 Å². The van der Waals surface area contributed by atoms with Crippen LogP contribution in [0.25, 0.3) is 6.08 Å². The highest BCUT2D eigenvalue weighted by Crippen LogP contribution is 2.22. The molecule has 1 amide bonds. The summed E-state index contributed by atoms with van der Waals surface area (Å²) in [6, 6.07) is 3.83. The highest BCUT2D eigenvalue weighted by molar-refractivity contribution is 9.11. The third-order valence-corrected chi connectivity index (χ3v) is 3.44. The van der Waals surface area contributed by atoms with E-state index in [1.54, 1.807) is 6.08 Å². The summed E-state index contributed by atoms with van der Waals surface area (Å²) in [6.45, 7) is 0.282. The van der Waals surface area contributed by atoms with E-state index in [-0.39, 0.29) is 24.8 Å². The second-order valence-electron chi connectivity index (χ2n) is 3.09. The quantitative estimate of drug-likeness (QED) is 0.669. The first-order valence-corrected chi connectivity index (χ1v) is 6.51. The van der Waals surface area contributed by atoms with Crippen LogP contribution in [0.1, 0.15) is 11.3 Å². The Balaban J connectivity index is 2.30. The Hall–Kier alpha value is -1.14. The van der Waals surface area contributed by atoms with Gasteiger partial charge in [-0.1, -0.05) is 0 Å². The number of carbonyl (C=O) groups excluding carboxylic acids is 2. The molecule has 1 aromatic heterocycles. The van der Waals surface area contributed by atoms with Crippen LogP contribution in [0.5, 0.6) is 0 Å². The molecule has 4 nitrogen and oxygen atoms in total. The maximum Gasteiger partial charge on any atom is 0.307 e. The van der Waals surface area contributed by atoms with Crippen LogP contribution in [-0.2, 0) is 14.3 Å². The minimum absolute atomic E-state index is 0.181. The standard InChI is InChI=1S/C11H12BrNO3S/c1-16-11(15)6-7-13-10(14)5-3-8-2-4-9(12)17-8/h2-5H,6-7H2,1H3,(H,13,14). The van der Waals surface area contributed by atoms with Gasteiger partial charge in [0, 0.05) is 17.5 Å². The molecule has 0 radical (unpaired) electrons. The minimum Gasteiger partial charge on any atom is -0.469 e. The van der Waals surface area contributed by atoms with Crippen LogP contribution in [0, 0.1) is 0 Å². The van der Waals surface area contributed by atoms with Crippen LogP contribution in [0.15, 0.2) is 22.0 Å². The predicted molar refractivity (Wildman–Crippen MR) is 70.7 cm³/mol. The zero-order valence-corrected chi connectivity index (χ0v) is 11.6. The van der Waals surface area contributed by atoms with Crippen molar-refractivity contribution in [3.63, 3.8) is 0 Å². The Morgan fingerprint density at radius 1 is 1.53 bits per heavy atom. The maximum absolute atomic E-state index is 11.3. The normalized spacial score (nSPS) is 10.5. The van der Waals surface area contributed by atoms with Crippen molar-refractivity contribution in [2.24, 2.45) is 0 Å². The first-order chi connectivity index (χ1) is 8.11. The molecule has 17 heavy (non-hydrogen) atoms. The monoisotopic (exact) mass is 317 g/mol. The van der Waals surface area contributed by atoms with Gasteiger partial charge in [0.25, 0.3) is 0 Å². The van der Waals surface area contributed by atoms with Crippen molar-refractivity contribution in [2.45, 2.75) is 6.42 Å². The molecule has 1 rings (SSSR count). The van der Waals surface area contributed by atoms with E-state index in [0.29, 0.717) is 0 Å². The fourth-order valence-corrected chi connectivity index (χ4v) is 2.35. The fourth-order valence-electron chi connectivity index (χ4n) is 1.02. The van der Waals surface area contributed by atoms with Crippen LogP contribution < -0.4 is 5.32 Å². The number of amides is 1. The van der Waals surface area contributed by atoms with Crippen molar-refractivity contribution in [3.05, 3.63) is 26.9 Å². The van der Waals surface area contributed by atoms with Crippen LogP contribution >= 0.6 is 27.3 Å². The van der Waals surface area contributed by atoms with Crippen molar-refractivity contribution >= 4 is 45.2 Å². The average Bonchev–Trinajstić information content (AvgIpc) is 2.72. The van der Waals surface area contributed by atoms with Gasteiger partial charge in [0.15, 0.2) is 0 Å². The molecule has 0 aliphatic heterocycles. The molecule has 0 unspecified atom stereocenters. The van der Waals surface area contributed by atoms with Crippen LogP contribution in [0.4, 0.5) is 0 Å². The van der Waals surface area contributed by atoms with Crippen molar-refractivity contribution < 1.29 is 14.3 Å². The lowest BCUT2D eigenvalue weighted by Crippen LogP contribution is -2.24. The summed E-state index contributed by atoms with van der Waals surface area (Å²) in [5.74, 6) is -0.560. The molecule has 1 N–H and O–H groups in total. The molecule has 1 aromatic rings. The SMILES string of the molecule is COC(=O)CCNC(=O)C=Cc1ccc(Br)s1. The molecule has 1 heterocycles. The summed E-state index contributed by atoms with van der Waals surface area (Å²) in [5, 5.41) is 2.59. The van der Waals surface area contributed by atoms with E-state index < -0.39 is 0 Å². The Labute approximate surface area is 112 Å². The molecule has 0 aliphatic carbocycles. The smallest absolute Gasteiger partial charge is 0.307 e.